The number of halogens is 2. The van der Waals surface area contributed by atoms with Gasteiger partial charge in [0.1, 0.15) is 0 Å². The van der Waals surface area contributed by atoms with Gasteiger partial charge in [-0.05, 0) is 0 Å². The van der Waals surface area contributed by atoms with Gasteiger partial charge in [0.25, 0.3) is 0 Å². The van der Waals surface area contributed by atoms with Gasteiger partial charge in [0.2, 0.25) is 0 Å². The zero-order valence-corrected chi connectivity index (χ0v) is 20.3. The summed E-state index contributed by atoms with van der Waals surface area (Å²) in [5.74, 6) is 1.52. The predicted octanol–water partition coefficient (Wildman–Crippen LogP) is 3.51. The minimum absolute atomic E-state index is 0.0172. The van der Waals surface area contributed by atoms with Crippen LogP contribution in [-0.4, -0.2) is 39.4 Å². The number of fused-ring (bicyclic) bond motifs is 2. The third-order valence-electron chi connectivity index (χ3n) is 5.35. The molecule has 158 valence electrons. The van der Waals surface area contributed by atoms with Crippen molar-refractivity contribution in [2.75, 3.05) is 17.9 Å². The molecule has 3 aromatic rings. The molecule has 0 radical (unpaired) electrons. The molecule has 7 nitrogen and oxygen atoms in total. The van der Waals surface area contributed by atoms with E-state index in [1.807, 2.05) is 33.4 Å². The molecule has 1 saturated heterocycles. The van der Waals surface area contributed by atoms with Gasteiger partial charge in [0, 0.05) is 0 Å². The molecule has 0 bridgehead atoms. The Balaban J connectivity index is 1.49. The van der Waals surface area contributed by atoms with Gasteiger partial charge in [0.15, 0.2) is 0 Å². The molecule has 0 spiro atoms. The van der Waals surface area contributed by atoms with Gasteiger partial charge in [-0.1, -0.05) is 0 Å². The number of carbonyl (C=O) groups excluding carboxylic acids is 1. The van der Waals surface area contributed by atoms with Crippen LogP contribution in [0.25, 0.3) is 10.9 Å². The fraction of sp³-hybridized carbons (Fsp3) is 0.286. The van der Waals surface area contributed by atoms with Crippen molar-refractivity contribution in [1.82, 2.24) is 13.4 Å². The number of para-hydroxylation sites is 1. The van der Waals surface area contributed by atoms with Gasteiger partial charge in [-0.3, -0.25) is 0 Å². The Hall–Kier alpha value is -1.57. The van der Waals surface area contributed by atoms with E-state index in [-0.39, 0.29) is 16.7 Å². The molecule has 30 heavy (non-hydrogen) atoms. The molecule has 3 heterocycles. The Morgan fingerprint density at radius 2 is 2.03 bits per heavy atom. The maximum atomic E-state index is 12.2. The summed E-state index contributed by atoms with van der Waals surface area (Å²) in [6.07, 6.45) is 1.32. The first-order valence-corrected chi connectivity index (χ1v) is 14.3. The number of ether oxygens (including phenoxy) is 2. The molecule has 0 aliphatic carbocycles. The van der Waals surface area contributed by atoms with Crippen LogP contribution in [0.5, 0.6) is 11.5 Å². The average molecular weight is 633 g/mol. The SMILES string of the molecule is O=C1CN(CI)I(O)[C@@H](Cc2c(Cc3ccc4c(c3)OCO4)[nH]c3ccccc23)N1. The van der Waals surface area contributed by atoms with Crippen molar-refractivity contribution in [3.8, 4) is 11.5 Å². The molecule has 3 N–H and O–H groups in total. The average Bonchev–Trinajstić information content (AvgIpc) is 3.35. The van der Waals surface area contributed by atoms with Crippen LogP contribution in [0.3, 0.4) is 0 Å². The van der Waals surface area contributed by atoms with Crippen LogP contribution in [0.15, 0.2) is 42.5 Å². The summed E-state index contributed by atoms with van der Waals surface area (Å²) in [7, 11) is 0. The van der Waals surface area contributed by atoms with E-state index in [1.165, 1.54) is 0 Å². The normalized spacial score (nSPS) is 20.0. The van der Waals surface area contributed by atoms with Crippen molar-refractivity contribution in [1.29, 1.82) is 0 Å². The number of hydrogen-bond donors (Lipinski definition) is 3. The van der Waals surface area contributed by atoms with E-state index in [9.17, 15) is 8.23 Å². The van der Waals surface area contributed by atoms with Gasteiger partial charge >= 0.3 is 197 Å². The van der Waals surface area contributed by atoms with Crippen molar-refractivity contribution in [3.63, 3.8) is 0 Å². The number of H-pyrrole nitrogens is 1. The molecule has 9 heteroatoms. The molecular formula is C21H21I2N3O4. The van der Waals surface area contributed by atoms with E-state index >= 15 is 0 Å². The molecule has 1 aromatic heterocycles. The zero-order chi connectivity index (χ0) is 20.7. The van der Waals surface area contributed by atoms with Crippen LogP contribution in [0.2, 0.25) is 0 Å². The van der Waals surface area contributed by atoms with E-state index in [0.717, 1.165) is 39.2 Å². The van der Waals surface area contributed by atoms with Crippen molar-refractivity contribution in [2.24, 2.45) is 0 Å². The van der Waals surface area contributed by atoms with Crippen molar-refractivity contribution in [3.05, 3.63) is 59.3 Å². The topological polar surface area (TPSA) is 86.8 Å². The van der Waals surface area contributed by atoms with Crippen LogP contribution in [0, 0.1) is 0 Å². The molecule has 2 aliphatic heterocycles. The Bertz CT molecular complexity index is 1100. The third kappa shape index (κ3) is 3.87. The first-order chi connectivity index (χ1) is 14.6. The summed E-state index contributed by atoms with van der Waals surface area (Å²) in [4.78, 5) is 15.7. The number of amides is 1. The summed E-state index contributed by atoms with van der Waals surface area (Å²) < 4.78 is 24.3. The van der Waals surface area contributed by atoms with Gasteiger partial charge < -0.3 is 0 Å². The zero-order valence-electron chi connectivity index (χ0n) is 16.0. The van der Waals surface area contributed by atoms with Crippen LogP contribution in [0.1, 0.15) is 16.8 Å². The number of aromatic nitrogens is 1. The summed E-state index contributed by atoms with van der Waals surface area (Å²) >= 11 is -0.241. The number of aromatic amines is 1. The standard InChI is InChI=1S/C21H21I2N3O4/c22-11-26-10-21(27)25-20(23(26)28)9-15-14-3-1-2-4-16(14)24-17(15)7-13-5-6-18-19(8-13)30-12-29-18/h1-6,8,20,24,28H,7,9-12H2,(H,25,27)/t20-/m1/s1. The van der Waals surface area contributed by atoms with E-state index in [4.69, 9.17) is 9.47 Å². The third-order valence-corrected chi connectivity index (χ3v) is 11.7. The van der Waals surface area contributed by atoms with E-state index in [2.05, 4.69) is 45.0 Å². The monoisotopic (exact) mass is 633 g/mol. The molecule has 0 saturated carbocycles. The molecule has 2 aliphatic rings. The fourth-order valence-electron chi connectivity index (χ4n) is 3.94. The quantitative estimate of drug-likeness (QED) is 0.174. The molecule has 1 amide bonds. The number of benzene rings is 2. The molecule has 0 unspecified atom stereocenters. The van der Waals surface area contributed by atoms with Gasteiger partial charge in [-0.2, -0.15) is 0 Å². The number of carbonyl (C=O) groups is 1. The molecule has 1 fully saturated rings. The van der Waals surface area contributed by atoms with Crippen molar-refractivity contribution < 1.29 is 17.7 Å². The summed E-state index contributed by atoms with van der Waals surface area (Å²) in [6.45, 7) is 0.549. The van der Waals surface area contributed by atoms with E-state index in [0.29, 0.717) is 23.9 Å². The Morgan fingerprint density at radius 1 is 1.20 bits per heavy atom. The van der Waals surface area contributed by atoms with Gasteiger partial charge in [0.05, 0.1) is 0 Å². The number of nitrogens with zero attached hydrogens (tertiary/aromatic N) is 1. The summed E-state index contributed by atoms with van der Waals surface area (Å²) in [5, 5.41) is 4.18. The first kappa shape index (κ1) is 20.3. The van der Waals surface area contributed by atoms with Crippen LogP contribution < -0.4 is 14.8 Å². The maximum absolute atomic E-state index is 12.2. The van der Waals surface area contributed by atoms with Crippen LogP contribution in [0.4, 0.5) is 0 Å². The Labute approximate surface area is 195 Å². The Morgan fingerprint density at radius 3 is 2.90 bits per heavy atom. The van der Waals surface area contributed by atoms with Crippen LogP contribution >= 0.6 is 43.1 Å². The second kappa shape index (κ2) is 8.52. The summed E-state index contributed by atoms with van der Waals surface area (Å²) in [5.41, 5.74) is 4.43. The van der Waals surface area contributed by atoms with Gasteiger partial charge in [-0.25, -0.2) is 0 Å². The van der Waals surface area contributed by atoms with Crippen molar-refractivity contribution in [2.45, 2.75) is 16.9 Å². The molecule has 5 rings (SSSR count). The first-order valence-electron chi connectivity index (χ1n) is 9.57. The van der Waals surface area contributed by atoms with Gasteiger partial charge in [-0.15, -0.1) is 0 Å². The second-order valence-corrected chi connectivity index (χ2v) is 12.3. The molecular weight excluding hydrogens is 612 g/mol. The number of nitrogens with one attached hydrogen (secondary N) is 2. The molecule has 2 aromatic carbocycles. The number of hydrogen-bond acceptors (Lipinski definition) is 5. The van der Waals surface area contributed by atoms with Crippen molar-refractivity contribution >= 4 is 59.9 Å². The predicted molar refractivity (Wildman–Crippen MR) is 131 cm³/mol. The minimum atomic E-state index is -2.46. The van der Waals surface area contributed by atoms with E-state index < -0.39 is 20.5 Å². The van der Waals surface area contributed by atoms with E-state index in [1.54, 1.807) is 0 Å². The second-order valence-electron chi connectivity index (χ2n) is 7.24. The number of rotatable bonds is 5. The fourth-order valence-corrected chi connectivity index (χ4v) is 9.28. The molecule has 1 atom stereocenters. The van der Waals surface area contributed by atoms with Crippen LogP contribution in [-0.2, 0) is 17.6 Å². The summed E-state index contributed by atoms with van der Waals surface area (Å²) in [6, 6.07) is 14.2. The number of alkyl halides is 2. The Kier molecular flexibility index (Phi) is 5.77.